The fourth-order valence-corrected chi connectivity index (χ4v) is 3.64. The Labute approximate surface area is 169 Å². The summed E-state index contributed by atoms with van der Waals surface area (Å²) >= 11 is 0. The van der Waals surface area contributed by atoms with Crippen LogP contribution in [0.3, 0.4) is 0 Å². The van der Waals surface area contributed by atoms with Crippen molar-refractivity contribution in [1.29, 1.82) is 0 Å². The van der Waals surface area contributed by atoms with E-state index >= 15 is 0 Å². The molecule has 2 heterocycles. The van der Waals surface area contributed by atoms with Crippen LogP contribution in [-0.4, -0.2) is 35.3 Å². The van der Waals surface area contributed by atoms with Crippen LogP contribution < -0.4 is 15.8 Å². The van der Waals surface area contributed by atoms with E-state index in [4.69, 9.17) is 0 Å². The largest absolute Gasteiger partial charge is 0.371 e. The molecule has 148 valence electrons. The molecule has 1 saturated heterocycles. The van der Waals surface area contributed by atoms with E-state index in [1.54, 1.807) is 0 Å². The zero-order chi connectivity index (χ0) is 20.1. The molecule has 0 radical (unpaired) electrons. The molecule has 0 saturated carbocycles. The van der Waals surface area contributed by atoms with Crippen molar-refractivity contribution < 1.29 is 4.79 Å². The zero-order valence-electron chi connectivity index (χ0n) is 16.2. The molecule has 29 heavy (non-hydrogen) atoms. The van der Waals surface area contributed by atoms with E-state index in [1.807, 2.05) is 48.5 Å². The van der Waals surface area contributed by atoms with Gasteiger partial charge >= 0.3 is 0 Å². The third kappa shape index (κ3) is 4.71. The Bertz CT molecular complexity index is 1020. The maximum absolute atomic E-state index is 12.6. The van der Waals surface area contributed by atoms with Crippen molar-refractivity contribution in [1.82, 2.24) is 15.1 Å². The molecule has 1 aromatic heterocycles. The monoisotopic (exact) mass is 388 g/mol. The Hall–Kier alpha value is -3.41. The first-order valence-corrected chi connectivity index (χ1v) is 9.89. The topological polar surface area (TPSA) is 67.2 Å². The summed E-state index contributed by atoms with van der Waals surface area (Å²) in [5, 5.41) is 7.24. The van der Waals surface area contributed by atoms with Gasteiger partial charge in [-0.3, -0.25) is 9.59 Å². The molecule has 4 rings (SSSR count). The third-order valence-electron chi connectivity index (χ3n) is 5.23. The van der Waals surface area contributed by atoms with Gasteiger partial charge in [0, 0.05) is 31.4 Å². The van der Waals surface area contributed by atoms with Crippen molar-refractivity contribution >= 4 is 11.6 Å². The van der Waals surface area contributed by atoms with E-state index in [-0.39, 0.29) is 17.2 Å². The number of para-hydroxylation sites is 1. The van der Waals surface area contributed by atoms with Gasteiger partial charge in [-0.25, -0.2) is 4.68 Å². The van der Waals surface area contributed by atoms with Crippen LogP contribution in [0.1, 0.15) is 22.5 Å². The number of hydrogen-bond acceptors (Lipinski definition) is 4. The number of amides is 1. The molecule has 2 aromatic carbocycles. The van der Waals surface area contributed by atoms with E-state index in [0.717, 1.165) is 25.1 Å². The van der Waals surface area contributed by atoms with Gasteiger partial charge in [0.15, 0.2) is 0 Å². The van der Waals surface area contributed by atoms with E-state index < -0.39 is 0 Å². The summed E-state index contributed by atoms with van der Waals surface area (Å²) in [7, 11) is 0. The third-order valence-corrected chi connectivity index (χ3v) is 5.23. The summed E-state index contributed by atoms with van der Waals surface area (Å²) < 4.78 is 1.33. The van der Waals surface area contributed by atoms with Gasteiger partial charge in [-0.15, -0.1) is 0 Å². The molecule has 1 aliphatic heterocycles. The molecule has 6 nitrogen and oxygen atoms in total. The number of anilines is 1. The van der Waals surface area contributed by atoms with Gasteiger partial charge in [0.05, 0.1) is 6.54 Å². The second kappa shape index (κ2) is 8.73. The second-order valence-corrected chi connectivity index (χ2v) is 7.35. The number of hydrogen-bond donors (Lipinski definition) is 1. The van der Waals surface area contributed by atoms with Crippen LogP contribution in [0.2, 0.25) is 0 Å². The summed E-state index contributed by atoms with van der Waals surface area (Å²) in [4.78, 5) is 27.0. The predicted octanol–water partition coefficient (Wildman–Crippen LogP) is 2.55. The van der Waals surface area contributed by atoms with E-state index in [9.17, 15) is 9.59 Å². The fourth-order valence-electron chi connectivity index (χ4n) is 3.64. The standard InChI is InChI=1S/C23H24N4O2/c28-22-12-11-21(25-27(22)17-18-7-3-1-4-8-18)23(29)24-15-19-13-14-26(16-19)20-9-5-2-6-10-20/h1-12,19H,13-17H2,(H,24,29)/t19-/m0/s1. The molecule has 1 atom stereocenters. The van der Waals surface area contributed by atoms with Crippen LogP contribution in [0, 0.1) is 5.92 Å². The van der Waals surface area contributed by atoms with Crippen LogP contribution >= 0.6 is 0 Å². The van der Waals surface area contributed by atoms with Gasteiger partial charge in [0.25, 0.3) is 11.5 Å². The Morgan fingerprint density at radius 2 is 1.72 bits per heavy atom. The number of nitrogens with zero attached hydrogens (tertiary/aromatic N) is 3. The highest BCUT2D eigenvalue weighted by atomic mass is 16.2. The highest BCUT2D eigenvalue weighted by Crippen LogP contribution is 2.22. The Morgan fingerprint density at radius 3 is 2.48 bits per heavy atom. The predicted molar refractivity (Wildman–Crippen MR) is 113 cm³/mol. The lowest BCUT2D eigenvalue weighted by atomic mass is 10.1. The molecule has 0 aliphatic carbocycles. The first-order valence-electron chi connectivity index (χ1n) is 9.89. The van der Waals surface area contributed by atoms with E-state index in [0.29, 0.717) is 19.0 Å². The van der Waals surface area contributed by atoms with Gasteiger partial charge in [0.1, 0.15) is 5.69 Å². The number of nitrogens with one attached hydrogen (secondary N) is 1. The van der Waals surface area contributed by atoms with Crippen LogP contribution in [0.15, 0.2) is 77.6 Å². The summed E-state index contributed by atoms with van der Waals surface area (Å²) in [5.74, 6) is 0.152. The highest BCUT2D eigenvalue weighted by molar-refractivity contribution is 5.92. The lowest BCUT2D eigenvalue weighted by Gasteiger charge is -2.18. The first-order chi connectivity index (χ1) is 14.2. The second-order valence-electron chi connectivity index (χ2n) is 7.35. The normalized spacial score (nSPS) is 16.0. The number of carbonyl (C=O) groups is 1. The smallest absolute Gasteiger partial charge is 0.271 e. The number of carbonyl (C=O) groups excluding carboxylic acids is 1. The number of aromatic nitrogens is 2. The highest BCUT2D eigenvalue weighted by Gasteiger charge is 2.23. The van der Waals surface area contributed by atoms with Gasteiger partial charge in [-0.1, -0.05) is 48.5 Å². The number of rotatable bonds is 6. The summed E-state index contributed by atoms with van der Waals surface area (Å²) in [6.07, 6.45) is 1.04. The van der Waals surface area contributed by atoms with E-state index in [2.05, 4.69) is 27.4 Å². The quantitative estimate of drug-likeness (QED) is 0.705. The molecular weight excluding hydrogens is 364 g/mol. The van der Waals surface area contributed by atoms with Crippen LogP contribution in [0.5, 0.6) is 0 Å². The summed E-state index contributed by atoms with van der Waals surface area (Å²) in [6.45, 7) is 2.85. The molecule has 1 N–H and O–H groups in total. The van der Waals surface area contributed by atoms with Crippen molar-refractivity contribution in [2.24, 2.45) is 5.92 Å². The Kier molecular flexibility index (Phi) is 5.70. The van der Waals surface area contributed by atoms with Crippen molar-refractivity contribution in [2.75, 3.05) is 24.5 Å². The van der Waals surface area contributed by atoms with Gasteiger partial charge in [0.2, 0.25) is 0 Å². The molecule has 3 aromatic rings. The average Bonchev–Trinajstić information content (AvgIpc) is 3.24. The molecule has 0 spiro atoms. The molecule has 0 bridgehead atoms. The fraction of sp³-hybridized carbons (Fsp3) is 0.261. The van der Waals surface area contributed by atoms with Crippen LogP contribution in [0.25, 0.3) is 0 Å². The minimum absolute atomic E-state index is 0.223. The molecule has 1 aliphatic rings. The van der Waals surface area contributed by atoms with Crippen molar-refractivity contribution in [3.05, 3.63) is 94.4 Å². The van der Waals surface area contributed by atoms with Crippen LogP contribution in [-0.2, 0) is 6.54 Å². The van der Waals surface area contributed by atoms with Crippen molar-refractivity contribution in [2.45, 2.75) is 13.0 Å². The maximum atomic E-state index is 12.6. The molecule has 1 amide bonds. The summed E-state index contributed by atoms with van der Waals surface area (Å²) in [5.41, 5.74) is 2.22. The molecule has 6 heteroatoms. The van der Waals surface area contributed by atoms with Crippen molar-refractivity contribution in [3.8, 4) is 0 Å². The van der Waals surface area contributed by atoms with Gasteiger partial charge in [-0.05, 0) is 36.1 Å². The first kappa shape index (κ1) is 18.9. The maximum Gasteiger partial charge on any atom is 0.271 e. The SMILES string of the molecule is O=C(NC[C@@H]1CCN(c2ccccc2)C1)c1ccc(=O)n(Cc2ccccc2)n1. The molecule has 1 fully saturated rings. The Morgan fingerprint density at radius 1 is 1.00 bits per heavy atom. The van der Waals surface area contributed by atoms with Gasteiger partial charge < -0.3 is 10.2 Å². The zero-order valence-corrected chi connectivity index (χ0v) is 16.2. The molecule has 0 unspecified atom stereocenters. The lowest BCUT2D eigenvalue weighted by molar-refractivity contribution is 0.0940. The van der Waals surface area contributed by atoms with Crippen molar-refractivity contribution in [3.63, 3.8) is 0 Å². The number of benzene rings is 2. The minimum Gasteiger partial charge on any atom is -0.371 e. The van der Waals surface area contributed by atoms with Crippen LogP contribution in [0.4, 0.5) is 5.69 Å². The van der Waals surface area contributed by atoms with E-state index in [1.165, 1.54) is 22.5 Å². The summed E-state index contributed by atoms with van der Waals surface area (Å²) in [6, 6.07) is 22.8. The lowest BCUT2D eigenvalue weighted by Crippen LogP contribution is -2.33. The van der Waals surface area contributed by atoms with Gasteiger partial charge in [-0.2, -0.15) is 5.10 Å². The minimum atomic E-state index is -0.245. The average molecular weight is 388 g/mol. The Balaban J connectivity index is 1.35. The molecular formula is C23H24N4O2.